The molecular formula is C15H22N4. The van der Waals surface area contributed by atoms with Gasteiger partial charge in [0.1, 0.15) is 0 Å². The lowest BCUT2D eigenvalue weighted by Gasteiger charge is -2.21. The highest BCUT2D eigenvalue weighted by Crippen LogP contribution is 2.27. The van der Waals surface area contributed by atoms with Crippen LogP contribution in [0.4, 0.5) is 11.4 Å². The molecule has 0 aliphatic heterocycles. The van der Waals surface area contributed by atoms with Gasteiger partial charge < -0.3 is 16.0 Å². The number of rotatable bonds is 5. The average Bonchev–Trinajstić information content (AvgIpc) is 2.41. The monoisotopic (exact) mass is 258 g/mol. The van der Waals surface area contributed by atoms with Crippen LogP contribution in [0.15, 0.2) is 30.6 Å². The Morgan fingerprint density at radius 2 is 2.05 bits per heavy atom. The third kappa shape index (κ3) is 3.15. The van der Waals surface area contributed by atoms with E-state index in [9.17, 15) is 0 Å². The number of benzene rings is 1. The van der Waals surface area contributed by atoms with Crippen molar-refractivity contribution < 1.29 is 0 Å². The molecule has 0 bridgehead atoms. The molecular weight excluding hydrogens is 236 g/mol. The number of nitrogens with zero attached hydrogens (tertiary/aromatic N) is 2. The van der Waals surface area contributed by atoms with Gasteiger partial charge in [-0.05, 0) is 39.1 Å². The van der Waals surface area contributed by atoms with Crippen LogP contribution < -0.4 is 11.1 Å². The normalized spacial score (nSPS) is 11.4. The number of aromatic nitrogens is 1. The van der Waals surface area contributed by atoms with Crippen LogP contribution in [0.3, 0.4) is 0 Å². The summed E-state index contributed by atoms with van der Waals surface area (Å²) in [6.07, 6.45) is 3.63. The van der Waals surface area contributed by atoms with Crippen molar-refractivity contribution >= 4 is 22.1 Å². The Morgan fingerprint density at radius 1 is 1.26 bits per heavy atom. The van der Waals surface area contributed by atoms with Gasteiger partial charge in [0.15, 0.2) is 0 Å². The summed E-state index contributed by atoms with van der Waals surface area (Å²) < 4.78 is 0. The molecule has 4 heteroatoms. The topological polar surface area (TPSA) is 54.2 Å². The maximum absolute atomic E-state index is 5.98. The first-order chi connectivity index (χ1) is 9.09. The second-order valence-electron chi connectivity index (χ2n) is 5.12. The largest absolute Gasteiger partial charge is 0.398 e. The molecule has 2 rings (SSSR count). The molecule has 0 fully saturated rings. The van der Waals surface area contributed by atoms with Crippen LogP contribution in [0.25, 0.3) is 10.8 Å². The van der Waals surface area contributed by atoms with Gasteiger partial charge in [-0.2, -0.15) is 0 Å². The molecule has 1 aromatic carbocycles. The summed E-state index contributed by atoms with van der Waals surface area (Å²) in [6, 6.07) is 6.48. The lowest BCUT2D eigenvalue weighted by molar-refractivity contribution is 0.284. The molecule has 2 aromatic rings. The van der Waals surface area contributed by atoms with Gasteiger partial charge in [-0.3, -0.25) is 4.98 Å². The van der Waals surface area contributed by atoms with Gasteiger partial charge >= 0.3 is 0 Å². The fourth-order valence-corrected chi connectivity index (χ4v) is 1.99. The molecule has 3 N–H and O–H groups in total. The highest BCUT2D eigenvalue weighted by molar-refractivity contribution is 6.00. The van der Waals surface area contributed by atoms with Gasteiger partial charge in [-0.15, -0.1) is 0 Å². The number of fused-ring (bicyclic) bond motifs is 1. The van der Waals surface area contributed by atoms with E-state index >= 15 is 0 Å². The van der Waals surface area contributed by atoms with E-state index in [-0.39, 0.29) is 0 Å². The molecule has 1 heterocycles. The van der Waals surface area contributed by atoms with Crippen LogP contribution in [0, 0.1) is 0 Å². The van der Waals surface area contributed by atoms with E-state index in [1.807, 2.05) is 24.4 Å². The van der Waals surface area contributed by atoms with Crippen molar-refractivity contribution in [3.05, 3.63) is 30.6 Å². The molecule has 0 spiro atoms. The van der Waals surface area contributed by atoms with E-state index in [0.29, 0.717) is 6.04 Å². The van der Waals surface area contributed by atoms with Gasteiger partial charge in [-0.25, -0.2) is 0 Å². The molecule has 0 aliphatic rings. The minimum absolute atomic E-state index is 0.562. The second kappa shape index (κ2) is 5.89. The van der Waals surface area contributed by atoms with Crippen molar-refractivity contribution in [2.24, 2.45) is 0 Å². The number of likely N-dealkylation sites (N-methyl/N-ethyl adjacent to an activating group) is 1. The fourth-order valence-electron chi connectivity index (χ4n) is 1.99. The average molecular weight is 258 g/mol. The SMILES string of the molecule is CC(C)N(C)CCNc1ccc(N)c2ccncc12. The first-order valence-electron chi connectivity index (χ1n) is 6.66. The minimum Gasteiger partial charge on any atom is -0.398 e. The highest BCUT2D eigenvalue weighted by atomic mass is 15.1. The van der Waals surface area contributed by atoms with Crippen LogP contribution in [0.5, 0.6) is 0 Å². The molecule has 0 saturated carbocycles. The molecule has 102 valence electrons. The summed E-state index contributed by atoms with van der Waals surface area (Å²) in [7, 11) is 2.13. The van der Waals surface area contributed by atoms with Gasteiger partial charge in [0.2, 0.25) is 0 Å². The van der Waals surface area contributed by atoms with Gasteiger partial charge in [0.05, 0.1) is 0 Å². The van der Waals surface area contributed by atoms with Crippen molar-refractivity contribution in [2.75, 3.05) is 31.2 Å². The van der Waals surface area contributed by atoms with Crippen molar-refractivity contribution in [1.82, 2.24) is 9.88 Å². The summed E-state index contributed by atoms with van der Waals surface area (Å²) in [4.78, 5) is 6.49. The highest BCUT2D eigenvalue weighted by Gasteiger charge is 2.05. The number of pyridine rings is 1. The third-order valence-corrected chi connectivity index (χ3v) is 3.51. The number of nitrogens with two attached hydrogens (primary N) is 1. The summed E-state index contributed by atoms with van der Waals surface area (Å²) in [5.74, 6) is 0. The quantitative estimate of drug-likeness (QED) is 0.809. The first kappa shape index (κ1) is 13.6. The Labute approximate surface area is 114 Å². The zero-order chi connectivity index (χ0) is 13.8. The van der Waals surface area contributed by atoms with Crippen LogP contribution in [0.2, 0.25) is 0 Å². The van der Waals surface area contributed by atoms with E-state index in [0.717, 1.165) is 35.2 Å². The zero-order valence-electron chi connectivity index (χ0n) is 11.9. The second-order valence-corrected chi connectivity index (χ2v) is 5.12. The molecule has 0 aliphatic carbocycles. The number of hydrogen-bond donors (Lipinski definition) is 2. The summed E-state index contributed by atoms with van der Waals surface area (Å²) in [5, 5.41) is 5.59. The molecule has 0 saturated heterocycles. The van der Waals surface area contributed by atoms with Crippen molar-refractivity contribution in [3.8, 4) is 0 Å². The minimum atomic E-state index is 0.562. The standard InChI is InChI=1S/C15H22N4/c1-11(2)19(3)9-8-18-15-5-4-14(16)12-6-7-17-10-13(12)15/h4-7,10-11,18H,8-9,16H2,1-3H3. The van der Waals surface area contributed by atoms with Crippen LogP contribution >= 0.6 is 0 Å². The molecule has 0 atom stereocenters. The Hall–Kier alpha value is -1.81. The van der Waals surface area contributed by atoms with E-state index in [1.165, 1.54) is 0 Å². The number of hydrogen-bond acceptors (Lipinski definition) is 4. The smallest absolute Gasteiger partial charge is 0.0437 e. The predicted octanol–water partition coefficient (Wildman–Crippen LogP) is 2.57. The Bertz CT molecular complexity index is 551. The fraction of sp³-hybridized carbons (Fsp3) is 0.400. The van der Waals surface area contributed by atoms with E-state index in [2.05, 4.69) is 36.1 Å². The molecule has 1 aromatic heterocycles. The summed E-state index contributed by atoms with van der Waals surface area (Å²) >= 11 is 0. The molecule has 0 unspecified atom stereocenters. The molecule has 19 heavy (non-hydrogen) atoms. The molecule has 0 radical (unpaired) electrons. The lowest BCUT2D eigenvalue weighted by Crippen LogP contribution is -2.31. The third-order valence-electron chi connectivity index (χ3n) is 3.51. The molecule has 4 nitrogen and oxygen atoms in total. The van der Waals surface area contributed by atoms with Crippen LogP contribution in [-0.2, 0) is 0 Å². The Kier molecular flexibility index (Phi) is 4.22. The van der Waals surface area contributed by atoms with Crippen LogP contribution in [0.1, 0.15) is 13.8 Å². The van der Waals surface area contributed by atoms with Gasteiger partial charge in [0.25, 0.3) is 0 Å². The van der Waals surface area contributed by atoms with E-state index in [4.69, 9.17) is 5.73 Å². The molecule has 0 amide bonds. The van der Waals surface area contributed by atoms with Crippen molar-refractivity contribution in [1.29, 1.82) is 0 Å². The lowest BCUT2D eigenvalue weighted by atomic mass is 10.1. The van der Waals surface area contributed by atoms with Crippen molar-refractivity contribution in [2.45, 2.75) is 19.9 Å². The number of anilines is 2. The van der Waals surface area contributed by atoms with E-state index in [1.54, 1.807) is 6.20 Å². The summed E-state index contributed by atoms with van der Waals surface area (Å²) in [6.45, 7) is 6.30. The Balaban J connectivity index is 2.11. The first-order valence-corrected chi connectivity index (χ1v) is 6.66. The van der Waals surface area contributed by atoms with Gasteiger partial charge in [0, 0.05) is 53.7 Å². The van der Waals surface area contributed by atoms with Crippen molar-refractivity contribution in [3.63, 3.8) is 0 Å². The maximum Gasteiger partial charge on any atom is 0.0437 e. The van der Waals surface area contributed by atoms with E-state index < -0.39 is 0 Å². The number of nitrogens with one attached hydrogen (secondary N) is 1. The predicted molar refractivity (Wildman–Crippen MR) is 82.4 cm³/mol. The van der Waals surface area contributed by atoms with Gasteiger partial charge in [-0.1, -0.05) is 0 Å². The van der Waals surface area contributed by atoms with Crippen LogP contribution in [-0.4, -0.2) is 36.1 Å². The Morgan fingerprint density at radius 3 is 2.79 bits per heavy atom. The number of nitrogen functional groups attached to an aromatic ring is 1. The zero-order valence-corrected chi connectivity index (χ0v) is 11.9. The maximum atomic E-state index is 5.98. The summed E-state index contributed by atoms with van der Waals surface area (Å²) in [5.41, 5.74) is 7.86.